The molecule has 2 aliphatic heterocycles. The number of fused-ring (bicyclic) bond motifs is 2. The Kier molecular flexibility index (Phi) is 5.26. The number of nitrogens with zero attached hydrogens (tertiary/aromatic N) is 1. The van der Waals surface area contributed by atoms with Gasteiger partial charge in [-0.2, -0.15) is 0 Å². The van der Waals surface area contributed by atoms with E-state index in [1.54, 1.807) is 12.1 Å². The average molecular weight is 366 g/mol. The van der Waals surface area contributed by atoms with Gasteiger partial charge in [0, 0.05) is 30.2 Å². The number of benzene rings is 2. The van der Waals surface area contributed by atoms with Crippen molar-refractivity contribution in [3.63, 3.8) is 0 Å². The van der Waals surface area contributed by atoms with E-state index in [2.05, 4.69) is 10.2 Å². The standard InChI is InChI=1S/C23H27FN2O/c1-16-5-9-18(10-6-16)23(27)25-20-13-21-3-2-4-22(14-20)26(21)15-17-7-11-19(24)12-8-17/h5-12,20-22H,2-4,13-15H2,1H3,(H,25,27)/t21-,22-/m1/s1. The predicted molar refractivity (Wildman–Crippen MR) is 105 cm³/mol. The van der Waals surface area contributed by atoms with Crippen LogP contribution in [-0.2, 0) is 6.54 Å². The van der Waals surface area contributed by atoms with Gasteiger partial charge in [-0.1, -0.05) is 36.2 Å². The first kappa shape index (κ1) is 18.2. The molecule has 4 rings (SSSR count). The van der Waals surface area contributed by atoms with Gasteiger partial charge in [0.25, 0.3) is 5.91 Å². The van der Waals surface area contributed by atoms with Gasteiger partial charge in [0.2, 0.25) is 0 Å². The molecule has 142 valence electrons. The third-order valence-corrected chi connectivity index (χ3v) is 6.05. The lowest BCUT2D eigenvalue weighted by Gasteiger charge is -2.49. The van der Waals surface area contributed by atoms with Crippen molar-refractivity contribution in [1.82, 2.24) is 10.2 Å². The first-order chi connectivity index (χ1) is 13.1. The number of rotatable bonds is 4. The molecule has 0 unspecified atom stereocenters. The van der Waals surface area contributed by atoms with Crippen LogP contribution in [0.3, 0.4) is 0 Å². The van der Waals surface area contributed by atoms with Crippen molar-refractivity contribution in [3.8, 4) is 0 Å². The van der Waals surface area contributed by atoms with Crippen molar-refractivity contribution in [2.24, 2.45) is 0 Å². The van der Waals surface area contributed by atoms with Crippen LogP contribution in [0.15, 0.2) is 48.5 Å². The van der Waals surface area contributed by atoms with E-state index < -0.39 is 0 Å². The van der Waals surface area contributed by atoms with E-state index in [0.29, 0.717) is 12.1 Å². The van der Waals surface area contributed by atoms with Crippen LogP contribution < -0.4 is 5.32 Å². The fourth-order valence-corrected chi connectivity index (χ4v) is 4.63. The molecule has 2 aliphatic rings. The summed E-state index contributed by atoms with van der Waals surface area (Å²) in [4.78, 5) is 15.2. The number of hydrogen-bond acceptors (Lipinski definition) is 2. The molecule has 2 fully saturated rings. The summed E-state index contributed by atoms with van der Waals surface area (Å²) < 4.78 is 13.2. The Balaban J connectivity index is 1.40. The molecule has 0 radical (unpaired) electrons. The molecule has 0 spiro atoms. The van der Waals surface area contributed by atoms with Crippen LogP contribution in [0, 0.1) is 12.7 Å². The second kappa shape index (κ2) is 7.81. The number of halogens is 1. The quantitative estimate of drug-likeness (QED) is 0.867. The number of nitrogens with one attached hydrogen (secondary N) is 1. The van der Waals surface area contributed by atoms with Crippen LogP contribution in [0.1, 0.15) is 53.6 Å². The molecular weight excluding hydrogens is 339 g/mol. The highest BCUT2D eigenvalue weighted by Crippen LogP contribution is 2.35. The molecule has 2 atom stereocenters. The van der Waals surface area contributed by atoms with Gasteiger partial charge < -0.3 is 5.32 Å². The first-order valence-electron chi connectivity index (χ1n) is 9.96. The fourth-order valence-electron chi connectivity index (χ4n) is 4.63. The van der Waals surface area contributed by atoms with Crippen LogP contribution in [0.5, 0.6) is 0 Å². The molecule has 4 heteroatoms. The maximum Gasteiger partial charge on any atom is 0.251 e. The summed E-state index contributed by atoms with van der Waals surface area (Å²) in [6, 6.07) is 15.8. The first-order valence-corrected chi connectivity index (χ1v) is 9.96. The minimum Gasteiger partial charge on any atom is -0.349 e. The van der Waals surface area contributed by atoms with E-state index in [1.165, 1.54) is 19.3 Å². The van der Waals surface area contributed by atoms with Crippen molar-refractivity contribution in [2.45, 2.75) is 63.7 Å². The molecular formula is C23H27FN2O. The van der Waals surface area contributed by atoms with E-state index in [1.807, 2.05) is 43.3 Å². The molecule has 2 aromatic rings. The zero-order valence-electron chi connectivity index (χ0n) is 15.8. The maximum absolute atomic E-state index is 13.2. The number of piperidine rings is 2. The van der Waals surface area contributed by atoms with E-state index in [0.717, 1.165) is 36.1 Å². The Morgan fingerprint density at radius 2 is 1.67 bits per heavy atom. The summed E-state index contributed by atoms with van der Waals surface area (Å²) in [5.74, 6) is -0.151. The predicted octanol–water partition coefficient (Wildman–Crippen LogP) is 4.45. The molecule has 2 aromatic carbocycles. The van der Waals surface area contributed by atoms with Gasteiger partial charge in [0.1, 0.15) is 5.82 Å². The van der Waals surface area contributed by atoms with Crippen molar-refractivity contribution < 1.29 is 9.18 Å². The summed E-state index contributed by atoms with van der Waals surface area (Å²) in [5.41, 5.74) is 3.06. The normalized spacial score (nSPS) is 25.2. The summed E-state index contributed by atoms with van der Waals surface area (Å²) in [6.07, 6.45) is 5.60. The zero-order valence-corrected chi connectivity index (χ0v) is 15.8. The Labute approximate surface area is 160 Å². The average Bonchev–Trinajstić information content (AvgIpc) is 2.64. The van der Waals surface area contributed by atoms with E-state index in [4.69, 9.17) is 0 Å². The van der Waals surface area contributed by atoms with Gasteiger partial charge in [-0.3, -0.25) is 9.69 Å². The monoisotopic (exact) mass is 366 g/mol. The number of aryl methyl sites for hydroxylation is 1. The Morgan fingerprint density at radius 3 is 2.30 bits per heavy atom. The number of hydrogen-bond donors (Lipinski definition) is 1. The topological polar surface area (TPSA) is 32.3 Å². The maximum atomic E-state index is 13.2. The number of amides is 1. The number of carbonyl (C=O) groups is 1. The Hall–Kier alpha value is -2.20. The third kappa shape index (κ3) is 4.22. The van der Waals surface area contributed by atoms with E-state index >= 15 is 0 Å². The van der Waals surface area contributed by atoms with Crippen molar-refractivity contribution >= 4 is 5.91 Å². The van der Waals surface area contributed by atoms with Gasteiger partial charge in [-0.05, 0) is 62.4 Å². The molecule has 27 heavy (non-hydrogen) atoms. The molecule has 0 saturated carbocycles. The van der Waals surface area contributed by atoms with Crippen LogP contribution in [0.25, 0.3) is 0 Å². The molecule has 1 amide bonds. The fraction of sp³-hybridized carbons (Fsp3) is 0.435. The van der Waals surface area contributed by atoms with Crippen LogP contribution >= 0.6 is 0 Å². The van der Waals surface area contributed by atoms with Gasteiger partial charge in [-0.15, -0.1) is 0 Å². The lowest BCUT2D eigenvalue weighted by atomic mass is 9.81. The highest BCUT2D eigenvalue weighted by molar-refractivity contribution is 5.94. The Bertz CT molecular complexity index is 773. The molecule has 2 saturated heterocycles. The summed E-state index contributed by atoms with van der Waals surface area (Å²) in [7, 11) is 0. The van der Waals surface area contributed by atoms with Gasteiger partial charge >= 0.3 is 0 Å². The molecule has 1 N–H and O–H groups in total. The van der Waals surface area contributed by atoms with Gasteiger partial charge in [0.15, 0.2) is 0 Å². The van der Waals surface area contributed by atoms with Crippen LogP contribution in [0.4, 0.5) is 4.39 Å². The highest BCUT2D eigenvalue weighted by Gasteiger charge is 2.38. The van der Waals surface area contributed by atoms with Crippen LogP contribution in [0.2, 0.25) is 0 Å². The van der Waals surface area contributed by atoms with E-state index in [-0.39, 0.29) is 17.8 Å². The van der Waals surface area contributed by atoms with Gasteiger partial charge in [-0.25, -0.2) is 4.39 Å². The van der Waals surface area contributed by atoms with Crippen molar-refractivity contribution in [2.75, 3.05) is 0 Å². The van der Waals surface area contributed by atoms with Gasteiger partial charge in [0.05, 0.1) is 0 Å². The lowest BCUT2D eigenvalue weighted by molar-refractivity contribution is 0.0177. The van der Waals surface area contributed by atoms with Crippen LogP contribution in [-0.4, -0.2) is 28.9 Å². The molecule has 0 aliphatic carbocycles. The second-order valence-corrected chi connectivity index (χ2v) is 8.05. The summed E-state index contributed by atoms with van der Waals surface area (Å²) in [6.45, 7) is 2.90. The molecule has 0 aromatic heterocycles. The number of carbonyl (C=O) groups excluding carboxylic acids is 1. The Morgan fingerprint density at radius 1 is 1.04 bits per heavy atom. The third-order valence-electron chi connectivity index (χ3n) is 6.05. The smallest absolute Gasteiger partial charge is 0.251 e. The van der Waals surface area contributed by atoms with Crippen molar-refractivity contribution in [1.29, 1.82) is 0 Å². The van der Waals surface area contributed by atoms with Crippen molar-refractivity contribution in [3.05, 3.63) is 71.0 Å². The minimum atomic E-state index is -0.184. The summed E-state index contributed by atoms with van der Waals surface area (Å²) in [5, 5.41) is 3.26. The lowest BCUT2D eigenvalue weighted by Crippen LogP contribution is -2.56. The summed E-state index contributed by atoms with van der Waals surface area (Å²) >= 11 is 0. The molecule has 2 heterocycles. The second-order valence-electron chi connectivity index (χ2n) is 8.05. The molecule has 3 nitrogen and oxygen atoms in total. The SMILES string of the molecule is Cc1ccc(C(=O)NC2C[C@H]3CCC[C@H](C2)N3Cc2ccc(F)cc2)cc1. The minimum absolute atomic E-state index is 0.0325. The highest BCUT2D eigenvalue weighted by atomic mass is 19.1. The zero-order chi connectivity index (χ0) is 18.8. The largest absolute Gasteiger partial charge is 0.349 e. The van der Waals surface area contributed by atoms with E-state index in [9.17, 15) is 9.18 Å². The molecule has 2 bridgehead atoms.